The minimum atomic E-state index is -0.552. The number of rotatable bonds is 3. The van der Waals surface area contributed by atoms with Crippen LogP contribution in [0.1, 0.15) is 10.5 Å². The minimum absolute atomic E-state index is 0.272. The molecule has 1 amide bonds. The van der Waals surface area contributed by atoms with Gasteiger partial charge in [-0.2, -0.15) is 4.98 Å². The molecular formula is C13H10N4O2. The second-order valence-corrected chi connectivity index (χ2v) is 3.90. The van der Waals surface area contributed by atoms with E-state index in [1.54, 1.807) is 6.07 Å². The smallest absolute Gasteiger partial charge is 0.265 e. The van der Waals surface area contributed by atoms with Gasteiger partial charge in [-0.05, 0) is 18.2 Å². The molecule has 0 fully saturated rings. The Bertz CT molecular complexity index is 737. The Morgan fingerprint density at radius 3 is 2.74 bits per heavy atom. The number of amides is 1. The molecule has 3 N–H and O–H groups in total. The third-order valence-corrected chi connectivity index (χ3v) is 2.61. The van der Waals surface area contributed by atoms with Gasteiger partial charge >= 0.3 is 0 Å². The van der Waals surface area contributed by atoms with Crippen molar-refractivity contribution in [3.63, 3.8) is 0 Å². The summed E-state index contributed by atoms with van der Waals surface area (Å²) >= 11 is 0. The van der Waals surface area contributed by atoms with Crippen molar-refractivity contribution in [2.24, 2.45) is 5.73 Å². The number of hydrogen-bond acceptors (Lipinski definition) is 4. The first-order chi connectivity index (χ1) is 9.24. The van der Waals surface area contributed by atoms with Gasteiger partial charge in [0.05, 0.1) is 5.52 Å². The molecule has 3 rings (SSSR count). The average molecular weight is 254 g/mol. The van der Waals surface area contributed by atoms with Crippen LogP contribution in [0.4, 0.5) is 0 Å². The van der Waals surface area contributed by atoms with Crippen molar-refractivity contribution in [1.82, 2.24) is 15.0 Å². The zero-order chi connectivity index (χ0) is 13.2. The van der Waals surface area contributed by atoms with E-state index in [9.17, 15) is 4.79 Å². The van der Waals surface area contributed by atoms with Gasteiger partial charge in [0.2, 0.25) is 5.88 Å². The number of benzene rings is 1. The molecule has 0 bridgehead atoms. The number of nitrogens with zero attached hydrogens (tertiary/aromatic N) is 2. The zero-order valence-corrected chi connectivity index (χ0v) is 9.83. The van der Waals surface area contributed by atoms with Crippen LogP contribution in [-0.4, -0.2) is 20.9 Å². The number of para-hydroxylation sites is 1. The van der Waals surface area contributed by atoms with Crippen LogP contribution >= 0.6 is 0 Å². The average Bonchev–Trinajstić information content (AvgIpc) is 2.85. The molecule has 2 aromatic heterocycles. The lowest BCUT2D eigenvalue weighted by Crippen LogP contribution is -2.10. The molecule has 94 valence electrons. The third-order valence-electron chi connectivity index (χ3n) is 2.61. The van der Waals surface area contributed by atoms with Crippen LogP contribution in [0.2, 0.25) is 0 Å². The van der Waals surface area contributed by atoms with Crippen LogP contribution in [0.15, 0.2) is 42.7 Å². The lowest BCUT2D eigenvalue weighted by atomic mass is 10.3. The third kappa shape index (κ3) is 2.11. The summed E-state index contributed by atoms with van der Waals surface area (Å²) in [5.41, 5.74) is 6.61. The number of carbonyl (C=O) groups excluding carboxylic acids is 1. The fourth-order valence-corrected chi connectivity index (χ4v) is 1.73. The molecular weight excluding hydrogens is 244 g/mol. The summed E-state index contributed by atoms with van der Waals surface area (Å²) < 4.78 is 5.65. The molecule has 0 aliphatic rings. The Morgan fingerprint density at radius 1 is 1.21 bits per heavy atom. The molecule has 2 heterocycles. The summed E-state index contributed by atoms with van der Waals surface area (Å²) in [6.07, 6.45) is 1.37. The first kappa shape index (κ1) is 11.2. The van der Waals surface area contributed by atoms with Crippen molar-refractivity contribution >= 4 is 16.9 Å². The monoisotopic (exact) mass is 254 g/mol. The maximum atomic E-state index is 11.1. The van der Waals surface area contributed by atoms with Gasteiger partial charge in [0.25, 0.3) is 5.91 Å². The number of nitrogens with one attached hydrogen (secondary N) is 1. The lowest BCUT2D eigenvalue weighted by molar-refractivity contribution is 0.0996. The number of aromatic nitrogens is 3. The second kappa shape index (κ2) is 4.41. The summed E-state index contributed by atoms with van der Waals surface area (Å²) in [5.74, 6) is 0.449. The molecule has 0 saturated heterocycles. The Balaban J connectivity index is 2.06. The van der Waals surface area contributed by atoms with E-state index >= 15 is 0 Å². The molecule has 6 nitrogen and oxygen atoms in total. The SMILES string of the molecule is NC(=O)c1cc2ncnc(Oc3ccccc3)c2[nH]1. The summed E-state index contributed by atoms with van der Waals surface area (Å²) in [5, 5.41) is 0. The molecule has 0 radical (unpaired) electrons. The Labute approximate surface area is 108 Å². The van der Waals surface area contributed by atoms with Gasteiger partial charge in [0.15, 0.2) is 0 Å². The molecule has 6 heteroatoms. The standard InChI is InChI=1S/C13H10N4O2/c14-12(18)10-6-9-11(17-10)13(16-7-15-9)19-8-4-2-1-3-5-8/h1-7,17H,(H2,14,18). The van der Waals surface area contributed by atoms with Crippen LogP contribution in [0.3, 0.4) is 0 Å². The van der Waals surface area contributed by atoms with E-state index in [-0.39, 0.29) is 5.69 Å². The molecule has 19 heavy (non-hydrogen) atoms. The highest BCUT2D eigenvalue weighted by molar-refractivity contribution is 5.96. The van der Waals surface area contributed by atoms with Crippen molar-refractivity contribution in [2.45, 2.75) is 0 Å². The topological polar surface area (TPSA) is 93.9 Å². The van der Waals surface area contributed by atoms with Crippen molar-refractivity contribution in [2.75, 3.05) is 0 Å². The number of H-pyrrole nitrogens is 1. The van der Waals surface area contributed by atoms with Gasteiger partial charge in [-0.3, -0.25) is 4.79 Å². The Morgan fingerprint density at radius 2 is 2.00 bits per heavy atom. The second-order valence-electron chi connectivity index (χ2n) is 3.90. The minimum Gasteiger partial charge on any atom is -0.437 e. The normalized spacial score (nSPS) is 10.5. The molecule has 0 aliphatic heterocycles. The van der Waals surface area contributed by atoms with Gasteiger partial charge in [0, 0.05) is 0 Å². The first-order valence-electron chi connectivity index (χ1n) is 5.60. The van der Waals surface area contributed by atoms with Gasteiger partial charge in [-0.25, -0.2) is 4.98 Å². The Kier molecular flexibility index (Phi) is 2.60. The number of nitrogens with two attached hydrogens (primary N) is 1. The lowest BCUT2D eigenvalue weighted by Gasteiger charge is -2.04. The molecule has 0 unspecified atom stereocenters. The largest absolute Gasteiger partial charge is 0.437 e. The molecule has 3 aromatic rings. The Hall–Kier alpha value is -2.89. The van der Waals surface area contributed by atoms with E-state index in [0.29, 0.717) is 22.7 Å². The number of hydrogen-bond donors (Lipinski definition) is 2. The van der Waals surface area contributed by atoms with Crippen molar-refractivity contribution in [3.05, 3.63) is 48.4 Å². The number of ether oxygens (including phenoxy) is 1. The van der Waals surface area contributed by atoms with Crippen LogP contribution in [0, 0.1) is 0 Å². The predicted octanol–water partition coefficient (Wildman–Crippen LogP) is 1.85. The van der Waals surface area contributed by atoms with E-state index in [1.165, 1.54) is 6.33 Å². The van der Waals surface area contributed by atoms with Crippen molar-refractivity contribution < 1.29 is 9.53 Å². The van der Waals surface area contributed by atoms with Crippen LogP contribution in [0.25, 0.3) is 11.0 Å². The quantitative estimate of drug-likeness (QED) is 0.745. The number of aromatic amines is 1. The molecule has 0 saturated carbocycles. The van der Waals surface area contributed by atoms with Crippen LogP contribution in [-0.2, 0) is 0 Å². The van der Waals surface area contributed by atoms with E-state index < -0.39 is 5.91 Å². The fourth-order valence-electron chi connectivity index (χ4n) is 1.73. The first-order valence-corrected chi connectivity index (χ1v) is 5.60. The van der Waals surface area contributed by atoms with Crippen molar-refractivity contribution in [1.29, 1.82) is 0 Å². The van der Waals surface area contributed by atoms with Crippen LogP contribution < -0.4 is 10.5 Å². The maximum absolute atomic E-state index is 11.1. The van der Waals surface area contributed by atoms with Gasteiger partial charge in [0.1, 0.15) is 23.3 Å². The molecule has 1 aromatic carbocycles. The highest BCUT2D eigenvalue weighted by Gasteiger charge is 2.12. The number of primary amides is 1. The highest BCUT2D eigenvalue weighted by Crippen LogP contribution is 2.26. The highest BCUT2D eigenvalue weighted by atomic mass is 16.5. The van der Waals surface area contributed by atoms with Crippen LogP contribution in [0.5, 0.6) is 11.6 Å². The zero-order valence-electron chi connectivity index (χ0n) is 9.83. The predicted molar refractivity (Wildman–Crippen MR) is 68.9 cm³/mol. The van der Waals surface area contributed by atoms with E-state index in [0.717, 1.165) is 0 Å². The van der Waals surface area contributed by atoms with E-state index in [2.05, 4.69) is 15.0 Å². The summed E-state index contributed by atoms with van der Waals surface area (Å²) in [4.78, 5) is 22.1. The summed E-state index contributed by atoms with van der Waals surface area (Å²) in [7, 11) is 0. The van der Waals surface area contributed by atoms with Gasteiger partial charge in [-0.1, -0.05) is 18.2 Å². The van der Waals surface area contributed by atoms with E-state index in [4.69, 9.17) is 10.5 Å². The molecule has 0 atom stereocenters. The van der Waals surface area contributed by atoms with Gasteiger partial charge in [-0.15, -0.1) is 0 Å². The summed E-state index contributed by atoms with van der Waals surface area (Å²) in [6.45, 7) is 0. The van der Waals surface area contributed by atoms with Gasteiger partial charge < -0.3 is 15.5 Å². The number of carbonyl (C=O) groups is 1. The van der Waals surface area contributed by atoms with E-state index in [1.807, 2.05) is 30.3 Å². The maximum Gasteiger partial charge on any atom is 0.265 e. The van der Waals surface area contributed by atoms with Crippen molar-refractivity contribution in [3.8, 4) is 11.6 Å². The fraction of sp³-hybridized carbons (Fsp3) is 0. The number of fused-ring (bicyclic) bond motifs is 1. The molecule has 0 spiro atoms. The summed E-state index contributed by atoms with van der Waals surface area (Å²) in [6, 6.07) is 10.8. The molecule has 0 aliphatic carbocycles.